The van der Waals surface area contributed by atoms with Gasteiger partial charge in [-0.05, 0) is 46.2 Å². The normalized spacial score (nSPS) is 11.2. The lowest BCUT2D eigenvalue weighted by atomic mass is 9.91. The number of rotatable bonds is 7. The average Bonchev–Trinajstić information content (AvgIpc) is 3.19. The largest absolute Gasteiger partial charge is 0.348 e. The number of hydrogen-bond acceptors (Lipinski definition) is 2. The van der Waals surface area contributed by atoms with Crippen LogP contribution >= 0.6 is 0 Å². The van der Waals surface area contributed by atoms with Gasteiger partial charge in [0.05, 0.1) is 6.54 Å². The molecule has 0 spiro atoms. The molecule has 4 nitrogen and oxygen atoms in total. The summed E-state index contributed by atoms with van der Waals surface area (Å²) in [6.07, 6.45) is 3.73. The highest BCUT2D eigenvalue weighted by Gasteiger charge is 2.15. The molecule has 0 bridgehead atoms. The van der Waals surface area contributed by atoms with Gasteiger partial charge in [0.1, 0.15) is 0 Å². The third-order valence-electron chi connectivity index (χ3n) is 4.99. The van der Waals surface area contributed by atoms with E-state index >= 15 is 0 Å². The van der Waals surface area contributed by atoms with Crippen molar-refractivity contribution < 1.29 is 4.79 Å². The van der Waals surface area contributed by atoms with Gasteiger partial charge >= 0.3 is 0 Å². The van der Waals surface area contributed by atoms with Crippen LogP contribution in [0.4, 0.5) is 0 Å². The maximum atomic E-state index is 12.8. The van der Waals surface area contributed by atoms with Crippen molar-refractivity contribution in [3.05, 3.63) is 88.7 Å². The molecule has 146 valence electrons. The van der Waals surface area contributed by atoms with Crippen molar-refractivity contribution >= 4 is 5.91 Å². The molecule has 1 aromatic heterocycles. The Labute approximate surface area is 167 Å². The fourth-order valence-corrected chi connectivity index (χ4v) is 3.25. The van der Waals surface area contributed by atoms with Gasteiger partial charge in [0.25, 0.3) is 5.91 Å². The lowest BCUT2D eigenvalue weighted by Crippen LogP contribution is -2.24. The molecule has 1 amide bonds. The van der Waals surface area contributed by atoms with Gasteiger partial charge in [0.15, 0.2) is 0 Å². The van der Waals surface area contributed by atoms with Crippen LogP contribution in [-0.2, 0) is 13.1 Å². The van der Waals surface area contributed by atoms with Crippen LogP contribution < -0.4 is 5.32 Å². The maximum absolute atomic E-state index is 12.8. The van der Waals surface area contributed by atoms with Crippen molar-refractivity contribution in [3.8, 4) is 0 Å². The molecule has 28 heavy (non-hydrogen) atoms. The number of carbonyl (C=O) groups excluding carboxylic acids is 1. The van der Waals surface area contributed by atoms with Crippen LogP contribution in [0.15, 0.2) is 60.9 Å². The molecule has 0 atom stereocenters. The molecule has 0 aliphatic heterocycles. The number of amides is 1. The van der Waals surface area contributed by atoms with Crippen LogP contribution in [0.25, 0.3) is 0 Å². The minimum Gasteiger partial charge on any atom is -0.348 e. The van der Waals surface area contributed by atoms with Gasteiger partial charge in [-0.15, -0.1) is 0 Å². The first-order valence-electron chi connectivity index (χ1n) is 9.91. The van der Waals surface area contributed by atoms with E-state index in [1.807, 2.05) is 23.0 Å². The molecular formula is C24H29N3O. The summed E-state index contributed by atoms with van der Waals surface area (Å²) in [4.78, 5) is 12.8. The van der Waals surface area contributed by atoms with Gasteiger partial charge in [0, 0.05) is 24.5 Å². The Morgan fingerprint density at radius 2 is 1.71 bits per heavy atom. The Morgan fingerprint density at radius 1 is 1.00 bits per heavy atom. The van der Waals surface area contributed by atoms with Crippen LogP contribution in [0.3, 0.4) is 0 Å². The molecule has 0 radical (unpaired) electrons. The van der Waals surface area contributed by atoms with Crippen molar-refractivity contribution in [1.82, 2.24) is 15.1 Å². The van der Waals surface area contributed by atoms with E-state index in [4.69, 9.17) is 0 Å². The van der Waals surface area contributed by atoms with Crippen molar-refractivity contribution in [2.45, 2.75) is 52.6 Å². The third-order valence-corrected chi connectivity index (χ3v) is 4.99. The second-order valence-electron chi connectivity index (χ2n) is 7.86. The summed E-state index contributed by atoms with van der Waals surface area (Å²) in [5.74, 6) is 0.746. The summed E-state index contributed by atoms with van der Waals surface area (Å²) in [7, 11) is 0. The fourth-order valence-electron chi connectivity index (χ4n) is 3.25. The predicted octanol–water partition coefficient (Wildman–Crippen LogP) is 5.11. The number of nitrogens with one attached hydrogen (secondary N) is 1. The van der Waals surface area contributed by atoms with Gasteiger partial charge in [0.2, 0.25) is 0 Å². The summed E-state index contributed by atoms with van der Waals surface area (Å²) >= 11 is 0. The summed E-state index contributed by atoms with van der Waals surface area (Å²) in [5, 5.41) is 7.29. The number of nitrogens with zero attached hydrogens (tertiary/aromatic N) is 2. The average molecular weight is 376 g/mol. The fraction of sp³-hybridized carbons (Fsp3) is 0.333. The number of hydrogen-bond donors (Lipinski definition) is 1. The van der Waals surface area contributed by atoms with E-state index in [-0.39, 0.29) is 5.91 Å². The summed E-state index contributed by atoms with van der Waals surface area (Å²) < 4.78 is 1.89. The maximum Gasteiger partial charge on any atom is 0.251 e. The highest BCUT2D eigenvalue weighted by Crippen LogP contribution is 2.25. The number of aromatic nitrogens is 2. The third kappa shape index (κ3) is 4.89. The Morgan fingerprint density at radius 3 is 2.32 bits per heavy atom. The summed E-state index contributed by atoms with van der Waals surface area (Å²) in [5.41, 5.74) is 5.42. The van der Waals surface area contributed by atoms with E-state index in [0.29, 0.717) is 18.4 Å². The molecule has 1 N–H and O–H groups in total. The van der Waals surface area contributed by atoms with Crippen LogP contribution in [-0.4, -0.2) is 15.7 Å². The summed E-state index contributed by atoms with van der Waals surface area (Å²) in [6, 6.07) is 16.4. The first-order chi connectivity index (χ1) is 13.4. The highest BCUT2D eigenvalue weighted by atomic mass is 16.1. The zero-order valence-corrected chi connectivity index (χ0v) is 17.1. The Bertz CT molecular complexity index is 910. The van der Waals surface area contributed by atoms with Gasteiger partial charge in [-0.25, -0.2) is 0 Å². The Kier molecular flexibility index (Phi) is 6.30. The van der Waals surface area contributed by atoms with Crippen molar-refractivity contribution in [1.29, 1.82) is 0 Å². The Balaban J connectivity index is 1.65. The quantitative estimate of drug-likeness (QED) is 0.624. The molecule has 0 fully saturated rings. The van der Waals surface area contributed by atoms with Crippen molar-refractivity contribution in [2.24, 2.45) is 0 Å². The van der Waals surface area contributed by atoms with Gasteiger partial charge in [-0.1, -0.05) is 64.1 Å². The van der Waals surface area contributed by atoms with E-state index in [1.54, 1.807) is 6.20 Å². The minimum absolute atomic E-state index is 0.0142. The minimum atomic E-state index is -0.0142. The molecule has 2 aromatic carbocycles. The molecule has 3 aromatic rings. The number of carbonyl (C=O) groups is 1. The number of benzene rings is 2. The van der Waals surface area contributed by atoms with Crippen LogP contribution in [0.5, 0.6) is 0 Å². The lowest BCUT2D eigenvalue weighted by Gasteiger charge is -2.16. The van der Waals surface area contributed by atoms with Crippen LogP contribution in [0, 0.1) is 0 Å². The zero-order valence-electron chi connectivity index (χ0n) is 17.1. The molecule has 0 unspecified atom stereocenters. The smallest absolute Gasteiger partial charge is 0.251 e. The molecule has 0 saturated carbocycles. The van der Waals surface area contributed by atoms with Crippen molar-refractivity contribution in [2.75, 3.05) is 0 Å². The van der Waals surface area contributed by atoms with E-state index < -0.39 is 0 Å². The predicted molar refractivity (Wildman–Crippen MR) is 114 cm³/mol. The zero-order chi connectivity index (χ0) is 20.1. The molecule has 1 heterocycles. The highest BCUT2D eigenvalue weighted by molar-refractivity contribution is 5.96. The van der Waals surface area contributed by atoms with E-state index in [9.17, 15) is 4.79 Å². The van der Waals surface area contributed by atoms with Crippen LogP contribution in [0.1, 0.15) is 72.1 Å². The topological polar surface area (TPSA) is 46.9 Å². The second kappa shape index (κ2) is 8.87. The first-order valence-corrected chi connectivity index (χ1v) is 9.91. The monoisotopic (exact) mass is 375 g/mol. The van der Waals surface area contributed by atoms with Crippen molar-refractivity contribution in [3.63, 3.8) is 0 Å². The lowest BCUT2D eigenvalue weighted by molar-refractivity contribution is 0.0949. The molecule has 0 aliphatic carbocycles. The van der Waals surface area contributed by atoms with E-state index in [0.717, 1.165) is 23.2 Å². The van der Waals surface area contributed by atoms with Gasteiger partial charge in [-0.3, -0.25) is 9.48 Å². The van der Waals surface area contributed by atoms with Gasteiger partial charge < -0.3 is 5.32 Å². The summed E-state index contributed by atoms with van der Waals surface area (Å²) in [6.45, 7) is 9.89. The van der Waals surface area contributed by atoms with E-state index in [1.165, 1.54) is 11.1 Å². The van der Waals surface area contributed by atoms with E-state index in [2.05, 4.69) is 74.5 Å². The van der Waals surface area contributed by atoms with Crippen LogP contribution in [0.2, 0.25) is 0 Å². The molecule has 0 saturated heterocycles. The SMILES string of the molecule is CC(C)c1ccc(C(=O)NCc2ccc(Cn3cccn3)cc2)c(C(C)C)c1. The Hall–Kier alpha value is -2.88. The molecular weight excluding hydrogens is 346 g/mol. The second-order valence-corrected chi connectivity index (χ2v) is 7.86. The molecule has 4 heteroatoms. The first kappa shape index (κ1) is 19.9. The molecule has 0 aliphatic rings. The standard InChI is InChI=1S/C24H29N3O/c1-17(2)21-10-11-22(23(14-21)18(3)4)24(28)25-15-19-6-8-20(9-7-19)16-27-13-5-12-26-27/h5-14,17-18H,15-16H2,1-4H3,(H,25,28). The molecule has 3 rings (SSSR count). The van der Waals surface area contributed by atoms with Gasteiger partial charge in [-0.2, -0.15) is 5.10 Å².